The molecule has 1 aromatic rings. The number of benzene rings is 1. The van der Waals surface area contributed by atoms with Crippen LogP contribution in [0.25, 0.3) is 0 Å². The van der Waals surface area contributed by atoms with Crippen LogP contribution in [-0.4, -0.2) is 30.4 Å². The van der Waals surface area contributed by atoms with Gasteiger partial charge in [-0.2, -0.15) is 0 Å². The smallest absolute Gasteiger partial charge is 0.312 e. The highest BCUT2D eigenvalue weighted by Gasteiger charge is 2.37. The lowest BCUT2D eigenvalue weighted by Crippen LogP contribution is -2.31. The second-order valence-electron chi connectivity index (χ2n) is 4.58. The summed E-state index contributed by atoms with van der Waals surface area (Å²) in [4.78, 5) is 11.1. The van der Waals surface area contributed by atoms with Crippen LogP contribution in [0.15, 0.2) is 18.2 Å². The van der Waals surface area contributed by atoms with E-state index in [0.717, 1.165) is 0 Å². The number of aliphatic hydroxyl groups is 1. The number of hydrogen-bond donors (Lipinski definition) is 2. The molecule has 0 radical (unpaired) electrons. The average molecular weight is 254 g/mol. The van der Waals surface area contributed by atoms with Crippen LogP contribution in [-0.2, 0) is 4.79 Å². The third-order valence-corrected chi connectivity index (χ3v) is 2.92. The second kappa shape index (κ2) is 5.27. The van der Waals surface area contributed by atoms with Gasteiger partial charge in [0.25, 0.3) is 0 Å². The fourth-order valence-electron chi connectivity index (χ4n) is 1.52. The van der Waals surface area contributed by atoms with Gasteiger partial charge in [0.2, 0.25) is 0 Å². The lowest BCUT2D eigenvalue weighted by molar-refractivity contribution is -0.153. The van der Waals surface area contributed by atoms with Crippen molar-refractivity contribution >= 4 is 5.97 Å². The predicted octanol–water partition coefficient (Wildman–Crippen LogP) is 1.85. The zero-order valence-corrected chi connectivity index (χ0v) is 10.9. The maximum atomic E-state index is 11.1. The summed E-state index contributed by atoms with van der Waals surface area (Å²) in [5.41, 5.74) is -0.851. The maximum Gasteiger partial charge on any atom is 0.312 e. The van der Waals surface area contributed by atoms with Gasteiger partial charge in [-0.25, -0.2) is 0 Å². The molecule has 0 amide bonds. The van der Waals surface area contributed by atoms with Gasteiger partial charge in [-0.1, -0.05) is 0 Å². The minimum absolute atomic E-state index is 0.443. The maximum absolute atomic E-state index is 11.1. The molecule has 0 bridgehead atoms. The fraction of sp³-hybridized carbons (Fsp3) is 0.462. The first kappa shape index (κ1) is 14.3. The summed E-state index contributed by atoms with van der Waals surface area (Å²) in [6, 6.07) is 4.85. The summed E-state index contributed by atoms with van der Waals surface area (Å²) >= 11 is 0. The van der Waals surface area contributed by atoms with E-state index in [1.165, 1.54) is 28.1 Å². The van der Waals surface area contributed by atoms with E-state index in [0.29, 0.717) is 17.1 Å². The Labute approximate surface area is 106 Å². The molecule has 0 saturated carbocycles. The van der Waals surface area contributed by atoms with Crippen molar-refractivity contribution in [3.63, 3.8) is 0 Å². The summed E-state index contributed by atoms with van der Waals surface area (Å²) in [7, 11) is 2.99. The van der Waals surface area contributed by atoms with E-state index in [4.69, 9.17) is 14.6 Å². The molecule has 0 spiro atoms. The Morgan fingerprint density at radius 3 is 1.94 bits per heavy atom. The first-order chi connectivity index (χ1) is 8.32. The van der Waals surface area contributed by atoms with Gasteiger partial charge < -0.3 is 19.7 Å². The van der Waals surface area contributed by atoms with Crippen LogP contribution in [0.4, 0.5) is 0 Å². The molecule has 1 atom stereocenters. The average Bonchev–Trinajstić information content (AvgIpc) is 2.36. The zero-order chi connectivity index (χ0) is 13.9. The van der Waals surface area contributed by atoms with Crippen LogP contribution in [0, 0.1) is 5.41 Å². The number of aliphatic hydroxyl groups excluding tert-OH is 1. The molecule has 2 N–H and O–H groups in total. The molecule has 0 aliphatic rings. The van der Waals surface area contributed by atoms with Crippen LogP contribution in [0.5, 0.6) is 11.5 Å². The molecule has 0 aliphatic heterocycles. The van der Waals surface area contributed by atoms with Crippen molar-refractivity contribution in [2.75, 3.05) is 14.2 Å². The SMILES string of the molecule is COc1cc(OC)cc(C(O)C(C)(C)C(=O)O)c1. The topological polar surface area (TPSA) is 76.0 Å². The third-order valence-electron chi connectivity index (χ3n) is 2.92. The van der Waals surface area contributed by atoms with E-state index in [1.807, 2.05) is 0 Å². The highest BCUT2D eigenvalue weighted by atomic mass is 16.5. The summed E-state index contributed by atoms with van der Waals surface area (Å²) in [5, 5.41) is 19.3. The number of methoxy groups -OCH3 is 2. The molecule has 18 heavy (non-hydrogen) atoms. The van der Waals surface area contributed by atoms with E-state index < -0.39 is 17.5 Å². The van der Waals surface area contributed by atoms with Crippen LogP contribution < -0.4 is 9.47 Å². The summed E-state index contributed by atoms with van der Waals surface area (Å²) in [5.74, 6) is -0.0639. The molecule has 0 heterocycles. The van der Waals surface area contributed by atoms with Gasteiger partial charge in [0.1, 0.15) is 11.5 Å². The quantitative estimate of drug-likeness (QED) is 0.838. The lowest BCUT2D eigenvalue weighted by Gasteiger charge is -2.26. The Balaban J connectivity index is 3.20. The second-order valence-corrected chi connectivity index (χ2v) is 4.58. The number of carboxylic acid groups (broad SMARTS) is 1. The Bertz CT molecular complexity index is 417. The highest BCUT2D eigenvalue weighted by molar-refractivity contribution is 5.74. The normalized spacial score (nSPS) is 12.9. The molecule has 0 aliphatic carbocycles. The van der Waals surface area contributed by atoms with Crippen molar-refractivity contribution in [2.45, 2.75) is 20.0 Å². The third kappa shape index (κ3) is 2.73. The van der Waals surface area contributed by atoms with Gasteiger partial charge in [0.05, 0.1) is 25.7 Å². The van der Waals surface area contributed by atoms with E-state index in [-0.39, 0.29) is 0 Å². The number of carboxylic acids is 1. The van der Waals surface area contributed by atoms with Crippen LogP contribution in [0.2, 0.25) is 0 Å². The van der Waals surface area contributed by atoms with Crippen molar-refractivity contribution in [1.82, 2.24) is 0 Å². The molecule has 0 saturated heterocycles. The lowest BCUT2D eigenvalue weighted by atomic mass is 9.82. The van der Waals surface area contributed by atoms with Gasteiger partial charge in [-0.3, -0.25) is 4.79 Å². The molecule has 5 heteroatoms. The summed E-state index contributed by atoms with van der Waals surface area (Å²) in [6.45, 7) is 2.93. The van der Waals surface area contributed by atoms with Gasteiger partial charge >= 0.3 is 5.97 Å². The Morgan fingerprint density at radius 1 is 1.17 bits per heavy atom. The number of ether oxygens (including phenoxy) is 2. The van der Waals surface area contributed by atoms with Crippen LogP contribution in [0.3, 0.4) is 0 Å². The number of hydrogen-bond acceptors (Lipinski definition) is 4. The summed E-state index contributed by atoms with van der Waals surface area (Å²) < 4.78 is 10.2. The molecule has 0 fully saturated rings. The van der Waals surface area contributed by atoms with Crippen molar-refractivity contribution < 1.29 is 24.5 Å². The molecular formula is C13H18O5. The number of carbonyl (C=O) groups is 1. The van der Waals surface area contributed by atoms with Crippen LogP contribution in [0.1, 0.15) is 25.5 Å². The largest absolute Gasteiger partial charge is 0.497 e. The molecule has 0 aromatic heterocycles. The molecule has 1 rings (SSSR count). The van der Waals surface area contributed by atoms with E-state index in [9.17, 15) is 9.90 Å². The predicted molar refractivity (Wildman–Crippen MR) is 65.9 cm³/mol. The van der Waals surface area contributed by atoms with E-state index in [1.54, 1.807) is 18.2 Å². The molecular weight excluding hydrogens is 236 g/mol. The van der Waals surface area contributed by atoms with Crippen molar-refractivity contribution in [2.24, 2.45) is 5.41 Å². The molecule has 1 aromatic carbocycles. The van der Waals surface area contributed by atoms with Gasteiger partial charge in [0, 0.05) is 6.07 Å². The van der Waals surface area contributed by atoms with Gasteiger partial charge in [-0.05, 0) is 31.5 Å². The number of aliphatic carboxylic acids is 1. The van der Waals surface area contributed by atoms with Crippen LogP contribution >= 0.6 is 0 Å². The zero-order valence-electron chi connectivity index (χ0n) is 10.9. The number of rotatable bonds is 5. The van der Waals surface area contributed by atoms with E-state index in [2.05, 4.69) is 0 Å². The minimum atomic E-state index is -1.29. The van der Waals surface area contributed by atoms with Crippen molar-refractivity contribution in [3.8, 4) is 11.5 Å². The molecule has 5 nitrogen and oxygen atoms in total. The van der Waals surface area contributed by atoms with Gasteiger partial charge in [-0.15, -0.1) is 0 Å². The minimum Gasteiger partial charge on any atom is -0.497 e. The summed E-state index contributed by atoms with van der Waals surface area (Å²) in [6.07, 6.45) is -1.15. The molecule has 1 unspecified atom stereocenters. The van der Waals surface area contributed by atoms with Crippen molar-refractivity contribution in [1.29, 1.82) is 0 Å². The highest BCUT2D eigenvalue weighted by Crippen LogP contribution is 2.36. The first-order valence-electron chi connectivity index (χ1n) is 5.47. The first-order valence-corrected chi connectivity index (χ1v) is 5.47. The van der Waals surface area contributed by atoms with Gasteiger partial charge in [0.15, 0.2) is 0 Å². The van der Waals surface area contributed by atoms with E-state index >= 15 is 0 Å². The Hall–Kier alpha value is -1.75. The van der Waals surface area contributed by atoms with Crippen molar-refractivity contribution in [3.05, 3.63) is 23.8 Å². The Kier molecular flexibility index (Phi) is 4.19. The monoisotopic (exact) mass is 254 g/mol. The molecule has 100 valence electrons. The fourth-order valence-corrected chi connectivity index (χ4v) is 1.52. The Morgan fingerprint density at radius 2 is 1.61 bits per heavy atom. The standard InChI is InChI=1S/C13H18O5/c1-13(2,12(15)16)11(14)8-5-9(17-3)7-10(6-8)18-4/h5-7,11,14H,1-4H3,(H,15,16).